The predicted molar refractivity (Wildman–Crippen MR) is 222 cm³/mol. The second-order valence-corrected chi connectivity index (χ2v) is 15.0. The lowest BCUT2D eigenvalue weighted by Gasteiger charge is -2.47. The van der Waals surface area contributed by atoms with Crippen molar-refractivity contribution in [2.45, 2.75) is 76.8 Å². The standard InChI is InChI=1S/C50H51ClO4/c1-2-37-23-25-38(26-24-37)29-44-30-43(27-28-47(44)51)46-31-45(36-52-32-39-15-7-3-8-16-39)48(53-33-40-17-9-4-10-18-40)50(55-35-42-21-13-6-14-22-42)49(46)54-34-41-19-11-5-12-20-41/h3-28,30,45-46,48-50H,2,29,31-36H2,1H3/t45-,46+,48-,49+,50+/m1/s1. The van der Waals surface area contributed by atoms with Crippen LogP contribution >= 0.6 is 11.6 Å². The van der Waals surface area contributed by atoms with Crippen molar-refractivity contribution in [3.63, 3.8) is 0 Å². The Hall–Kier alpha value is -4.55. The molecule has 0 aromatic heterocycles. The van der Waals surface area contributed by atoms with Gasteiger partial charge in [0, 0.05) is 16.9 Å². The molecule has 0 aliphatic heterocycles. The highest BCUT2D eigenvalue weighted by atomic mass is 35.5. The largest absolute Gasteiger partial charge is 0.376 e. The molecule has 0 spiro atoms. The third-order valence-electron chi connectivity index (χ3n) is 10.7. The van der Waals surface area contributed by atoms with E-state index in [-0.39, 0.29) is 24.0 Å². The average molecular weight is 751 g/mol. The summed E-state index contributed by atoms with van der Waals surface area (Å²) in [6.07, 6.45) is 1.57. The number of hydrogen-bond donors (Lipinski definition) is 0. The Morgan fingerprint density at radius 2 is 0.964 bits per heavy atom. The predicted octanol–water partition coefficient (Wildman–Crippen LogP) is 11.6. The van der Waals surface area contributed by atoms with Crippen molar-refractivity contribution < 1.29 is 18.9 Å². The van der Waals surface area contributed by atoms with E-state index in [0.717, 1.165) is 52.1 Å². The lowest BCUT2D eigenvalue weighted by Crippen LogP contribution is -2.54. The van der Waals surface area contributed by atoms with Crippen LogP contribution in [0.3, 0.4) is 0 Å². The van der Waals surface area contributed by atoms with Gasteiger partial charge in [-0.15, -0.1) is 0 Å². The van der Waals surface area contributed by atoms with Crippen LogP contribution in [-0.2, 0) is 58.2 Å². The summed E-state index contributed by atoms with van der Waals surface area (Å²) in [5, 5.41) is 0.768. The quantitative estimate of drug-likeness (QED) is 0.0930. The molecule has 55 heavy (non-hydrogen) atoms. The van der Waals surface area contributed by atoms with Gasteiger partial charge in [0.1, 0.15) is 6.10 Å². The second kappa shape index (κ2) is 19.9. The van der Waals surface area contributed by atoms with Crippen LogP contribution in [-0.4, -0.2) is 24.9 Å². The van der Waals surface area contributed by atoms with E-state index in [2.05, 4.69) is 146 Å². The molecule has 4 nitrogen and oxygen atoms in total. The first-order chi connectivity index (χ1) is 27.1. The summed E-state index contributed by atoms with van der Waals surface area (Å²) in [7, 11) is 0. The summed E-state index contributed by atoms with van der Waals surface area (Å²) in [5.74, 6) is 0.0142. The summed E-state index contributed by atoms with van der Waals surface area (Å²) in [5.41, 5.74) is 9.34. The molecule has 0 saturated heterocycles. The molecule has 5 atom stereocenters. The fourth-order valence-electron chi connectivity index (χ4n) is 7.67. The molecule has 0 radical (unpaired) electrons. The summed E-state index contributed by atoms with van der Waals surface area (Å²) < 4.78 is 27.7. The summed E-state index contributed by atoms with van der Waals surface area (Å²) >= 11 is 6.95. The molecule has 1 fully saturated rings. The average Bonchev–Trinajstić information content (AvgIpc) is 3.24. The Morgan fingerprint density at radius 3 is 1.49 bits per heavy atom. The first-order valence-corrected chi connectivity index (χ1v) is 19.9. The van der Waals surface area contributed by atoms with Gasteiger partial charge in [0.25, 0.3) is 0 Å². The second-order valence-electron chi connectivity index (χ2n) is 14.6. The van der Waals surface area contributed by atoms with Gasteiger partial charge in [-0.3, -0.25) is 0 Å². The van der Waals surface area contributed by atoms with Crippen LogP contribution in [0.15, 0.2) is 164 Å². The maximum absolute atomic E-state index is 7.08. The van der Waals surface area contributed by atoms with Gasteiger partial charge in [-0.05, 0) is 69.8 Å². The van der Waals surface area contributed by atoms with E-state index in [0.29, 0.717) is 33.0 Å². The Morgan fingerprint density at radius 1 is 0.491 bits per heavy atom. The maximum atomic E-state index is 7.08. The number of hydrogen-bond acceptors (Lipinski definition) is 4. The molecule has 0 bridgehead atoms. The molecule has 0 amide bonds. The molecule has 6 aromatic carbocycles. The zero-order valence-corrected chi connectivity index (χ0v) is 32.4. The first kappa shape index (κ1) is 38.7. The molecule has 282 valence electrons. The van der Waals surface area contributed by atoms with E-state index in [4.69, 9.17) is 30.5 Å². The molecule has 6 aromatic rings. The molecule has 1 aliphatic rings. The van der Waals surface area contributed by atoms with Crippen molar-refractivity contribution in [3.8, 4) is 0 Å². The number of halogens is 1. The van der Waals surface area contributed by atoms with E-state index >= 15 is 0 Å². The van der Waals surface area contributed by atoms with Crippen molar-refractivity contribution in [2.24, 2.45) is 5.92 Å². The Balaban J connectivity index is 1.25. The van der Waals surface area contributed by atoms with Crippen molar-refractivity contribution >= 4 is 11.6 Å². The van der Waals surface area contributed by atoms with Crippen LogP contribution in [0, 0.1) is 5.92 Å². The van der Waals surface area contributed by atoms with Gasteiger partial charge in [0.15, 0.2) is 0 Å². The highest BCUT2D eigenvalue weighted by molar-refractivity contribution is 6.31. The smallest absolute Gasteiger partial charge is 0.111 e. The number of rotatable bonds is 17. The zero-order valence-electron chi connectivity index (χ0n) is 31.6. The van der Waals surface area contributed by atoms with Gasteiger partial charge in [0.05, 0.1) is 45.2 Å². The van der Waals surface area contributed by atoms with E-state index < -0.39 is 6.10 Å². The minimum absolute atomic E-state index is 0.00938. The topological polar surface area (TPSA) is 36.9 Å². The van der Waals surface area contributed by atoms with Gasteiger partial charge < -0.3 is 18.9 Å². The Kier molecular flexibility index (Phi) is 14.0. The van der Waals surface area contributed by atoms with Crippen LogP contribution in [0.5, 0.6) is 0 Å². The normalized spacial score (nSPS) is 19.6. The summed E-state index contributed by atoms with van der Waals surface area (Å²) in [6.45, 7) is 4.59. The van der Waals surface area contributed by atoms with Crippen molar-refractivity contribution in [1.29, 1.82) is 0 Å². The highest BCUT2D eigenvalue weighted by Gasteiger charge is 2.48. The molecule has 5 heteroatoms. The van der Waals surface area contributed by atoms with Gasteiger partial charge >= 0.3 is 0 Å². The molecule has 0 N–H and O–H groups in total. The van der Waals surface area contributed by atoms with Crippen LogP contribution in [0.25, 0.3) is 0 Å². The molecule has 1 saturated carbocycles. The summed E-state index contributed by atoms with van der Waals surface area (Å²) in [4.78, 5) is 0. The van der Waals surface area contributed by atoms with Crippen LogP contribution in [0.4, 0.5) is 0 Å². The van der Waals surface area contributed by atoms with Crippen molar-refractivity contribution in [1.82, 2.24) is 0 Å². The molecule has 7 rings (SSSR count). The molecular formula is C50H51ClO4. The molecule has 0 heterocycles. The van der Waals surface area contributed by atoms with Crippen molar-refractivity contribution in [3.05, 3.63) is 213 Å². The zero-order chi connectivity index (χ0) is 37.7. The van der Waals surface area contributed by atoms with Crippen LogP contribution in [0.1, 0.15) is 63.8 Å². The highest BCUT2D eigenvalue weighted by Crippen LogP contribution is 2.43. The third-order valence-corrected chi connectivity index (χ3v) is 11.1. The van der Waals surface area contributed by atoms with Gasteiger partial charge in [0.2, 0.25) is 0 Å². The van der Waals surface area contributed by atoms with E-state index in [1.54, 1.807) is 0 Å². The lowest BCUT2D eigenvalue weighted by molar-refractivity contribution is -0.201. The van der Waals surface area contributed by atoms with Crippen LogP contribution < -0.4 is 0 Å². The monoisotopic (exact) mass is 750 g/mol. The SMILES string of the molecule is CCc1ccc(Cc2cc([C@@H]3C[C@H](COCc4ccccc4)[C@@H](OCc4ccccc4)[C@H](OCc4ccccc4)[C@H]3OCc3ccccc3)ccc2Cl)cc1. The molecular weight excluding hydrogens is 700 g/mol. The minimum Gasteiger partial charge on any atom is -0.376 e. The first-order valence-electron chi connectivity index (χ1n) is 19.6. The fraction of sp³-hybridized carbons (Fsp3) is 0.280. The van der Waals surface area contributed by atoms with E-state index in [9.17, 15) is 0 Å². The molecule has 0 unspecified atom stereocenters. The number of benzene rings is 6. The number of aryl methyl sites for hydroxylation is 1. The van der Waals surface area contributed by atoms with Gasteiger partial charge in [-0.2, -0.15) is 0 Å². The minimum atomic E-state index is -0.391. The maximum Gasteiger partial charge on any atom is 0.111 e. The Bertz CT molecular complexity index is 2000. The third kappa shape index (κ3) is 10.8. The fourth-order valence-corrected chi connectivity index (χ4v) is 7.86. The summed E-state index contributed by atoms with van der Waals surface area (Å²) in [6, 6.07) is 56.9. The van der Waals surface area contributed by atoms with Gasteiger partial charge in [-0.1, -0.05) is 176 Å². The molecule has 1 aliphatic carbocycles. The van der Waals surface area contributed by atoms with E-state index in [1.807, 2.05) is 24.3 Å². The van der Waals surface area contributed by atoms with E-state index in [1.165, 1.54) is 16.7 Å². The van der Waals surface area contributed by atoms with Crippen LogP contribution in [0.2, 0.25) is 5.02 Å². The van der Waals surface area contributed by atoms with Gasteiger partial charge in [-0.25, -0.2) is 0 Å². The lowest BCUT2D eigenvalue weighted by atomic mass is 9.72. The Labute approximate surface area is 332 Å². The van der Waals surface area contributed by atoms with Crippen molar-refractivity contribution in [2.75, 3.05) is 6.61 Å². The number of ether oxygens (including phenoxy) is 4.